The van der Waals surface area contributed by atoms with Gasteiger partial charge < -0.3 is 14.7 Å². The van der Waals surface area contributed by atoms with E-state index >= 15 is 0 Å². The Morgan fingerprint density at radius 3 is 3.00 bits per heavy atom. The highest BCUT2D eigenvalue weighted by Crippen LogP contribution is 2.28. The van der Waals surface area contributed by atoms with Crippen LogP contribution in [0.2, 0.25) is 0 Å². The first-order valence-electron chi connectivity index (χ1n) is 6.10. The molecule has 0 spiro atoms. The van der Waals surface area contributed by atoms with Gasteiger partial charge in [-0.05, 0) is 25.8 Å². The van der Waals surface area contributed by atoms with Crippen LogP contribution in [-0.2, 0) is 4.74 Å². The normalized spacial score (nSPS) is 24.0. The highest BCUT2D eigenvalue weighted by molar-refractivity contribution is 5.94. The van der Waals surface area contributed by atoms with Gasteiger partial charge in [-0.15, -0.1) is 0 Å². The molecule has 1 aromatic heterocycles. The number of nitrogens with zero attached hydrogens (tertiary/aromatic N) is 2. The summed E-state index contributed by atoms with van der Waals surface area (Å²) in [6.45, 7) is 2.88. The Balaban J connectivity index is 2.24. The van der Waals surface area contributed by atoms with Gasteiger partial charge in [-0.2, -0.15) is 0 Å². The van der Waals surface area contributed by atoms with E-state index in [4.69, 9.17) is 4.74 Å². The molecule has 0 radical (unpaired) electrons. The number of carboxylic acids is 1. The van der Waals surface area contributed by atoms with Crippen LogP contribution in [0, 0.1) is 0 Å². The molecule has 1 aliphatic rings. The highest BCUT2D eigenvalue weighted by atomic mass is 16.5. The Hall–Kier alpha value is -1.62. The minimum absolute atomic E-state index is 0.256. The molecule has 1 aromatic rings. The number of pyridine rings is 1. The third-order valence-electron chi connectivity index (χ3n) is 3.50. The summed E-state index contributed by atoms with van der Waals surface area (Å²) in [5.41, 5.74) is 1.01. The fraction of sp³-hybridized carbons (Fsp3) is 0.538. The van der Waals surface area contributed by atoms with Crippen molar-refractivity contribution in [2.45, 2.75) is 31.9 Å². The molecule has 0 saturated carbocycles. The van der Waals surface area contributed by atoms with Crippen LogP contribution in [0.15, 0.2) is 18.5 Å². The lowest BCUT2D eigenvalue weighted by molar-refractivity contribution is 0.0690. The van der Waals surface area contributed by atoms with Gasteiger partial charge in [0.1, 0.15) is 0 Å². The van der Waals surface area contributed by atoms with Gasteiger partial charge in [0.15, 0.2) is 0 Å². The zero-order valence-corrected chi connectivity index (χ0v) is 10.7. The summed E-state index contributed by atoms with van der Waals surface area (Å²) in [4.78, 5) is 17.4. The average Bonchev–Trinajstić information content (AvgIpc) is 2.38. The first kappa shape index (κ1) is 12.8. The average molecular weight is 250 g/mol. The Kier molecular flexibility index (Phi) is 3.81. The van der Waals surface area contributed by atoms with Gasteiger partial charge >= 0.3 is 5.97 Å². The molecule has 1 saturated heterocycles. The maximum Gasteiger partial charge on any atom is 0.337 e. The van der Waals surface area contributed by atoms with Crippen LogP contribution in [-0.4, -0.2) is 41.9 Å². The van der Waals surface area contributed by atoms with Crippen molar-refractivity contribution in [1.29, 1.82) is 0 Å². The molecule has 0 bridgehead atoms. The topological polar surface area (TPSA) is 62.7 Å². The maximum absolute atomic E-state index is 11.2. The van der Waals surface area contributed by atoms with Crippen molar-refractivity contribution in [2.75, 3.05) is 18.6 Å². The largest absolute Gasteiger partial charge is 0.478 e. The molecule has 2 unspecified atom stereocenters. The van der Waals surface area contributed by atoms with Crippen molar-refractivity contribution in [2.24, 2.45) is 0 Å². The number of rotatable bonds is 3. The minimum Gasteiger partial charge on any atom is -0.478 e. The number of hydrogen-bond acceptors (Lipinski definition) is 4. The molecule has 0 amide bonds. The lowest BCUT2D eigenvalue weighted by Gasteiger charge is -2.39. The number of carboxylic acid groups (broad SMARTS) is 1. The second-order valence-corrected chi connectivity index (χ2v) is 4.62. The number of anilines is 1. The van der Waals surface area contributed by atoms with Gasteiger partial charge in [0.2, 0.25) is 0 Å². The molecule has 1 N–H and O–H groups in total. The predicted octanol–water partition coefficient (Wildman–Crippen LogP) is 1.78. The number of methoxy groups -OCH3 is 1. The molecule has 2 rings (SSSR count). The van der Waals surface area contributed by atoms with Crippen LogP contribution in [0.4, 0.5) is 5.69 Å². The monoisotopic (exact) mass is 250 g/mol. The second-order valence-electron chi connectivity index (χ2n) is 4.62. The van der Waals surface area contributed by atoms with Gasteiger partial charge in [-0.1, -0.05) is 0 Å². The van der Waals surface area contributed by atoms with E-state index in [2.05, 4.69) is 16.8 Å². The molecule has 2 heterocycles. The van der Waals surface area contributed by atoms with Crippen molar-refractivity contribution < 1.29 is 14.6 Å². The molecule has 5 heteroatoms. The van der Waals surface area contributed by atoms with E-state index in [0.717, 1.165) is 19.4 Å². The lowest BCUT2D eigenvalue weighted by Crippen LogP contribution is -2.44. The zero-order valence-electron chi connectivity index (χ0n) is 10.7. The number of aromatic nitrogens is 1. The van der Waals surface area contributed by atoms with Gasteiger partial charge in [-0.3, -0.25) is 4.98 Å². The number of aromatic carboxylic acids is 1. The molecule has 18 heavy (non-hydrogen) atoms. The molecular weight excluding hydrogens is 232 g/mol. The van der Waals surface area contributed by atoms with Crippen LogP contribution in [0.3, 0.4) is 0 Å². The Bertz CT molecular complexity index is 436. The van der Waals surface area contributed by atoms with Gasteiger partial charge in [0.05, 0.1) is 23.6 Å². The number of hydrogen-bond donors (Lipinski definition) is 1. The maximum atomic E-state index is 11.2. The third kappa shape index (κ3) is 2.46. The Morgan fingerprint density at radius 2 is 2.39 bits per heavy atom. The standard InChI is InChI=1S/C13H18N2O3/c1-9-7-10(18-2)4-6-15(9)12-8-14-5-3-11(12)13(16)17/h3,5,8-10H,4,6-7H2,1-2H3,(H,16,17). The molecule has 98 valence electrons. The van der Waals surface area contributed by atoms with E-state index < -0.39 is 5.97 Å². The molecule has 0 aliphatic carbocycles. The summed E-state index contributed by atoms with van der Waals surface area (Å²) in [7, 11) is 1.72. The van der Waals surface area contributed by atoms with Crippen molar-refractivity contribution in [3.05, 3.63) is 24.0 Å². The lowest BCUT2D eigenvalue weighted by atomic mass is 9.99. The van der Waals surface area contributed by atoms with E-state index in [0.29, 0.717) is 11.3 Å². The number of piperidine rings is 1. The van der Waals surface area contributed by atoms with Crippen LogP contribution in [0.25, 0.3) is 0 Å². The van der Waals surface area contributed by atoms with Gasteiger partial charge in [0, 0.05) is 25.9 Å². The molecule has 5 nitrogen and oxygen atoms in total. The van der Waals surface area contributed by atoms with Crippen LogP contribution >= 0.6 is 0 Å². The highest BCUT2D eigenvalue weighted by Gasteiger charge is 2.28. The summed E-state index contributed by atoms with van der Waals surface area (Å²) in [6.07, 6.45) is 5.23. The predicted molar refractivity (Wildman–Crippen MR) is 68.0 cm³/mol. The van der Waals surface area contributed by atoms with Gasteiger partial charge in [-0.25, -0.2) is 4.79 Å². The summed E-state index contributed by atoms with van der Waals surface area (Å²) in [6, 6.07) is 1.80. The van der Waals surface area contributed by atoms with Gasteiger partial charge in [0.25, 0.3) is 0 Å². The first-order valence-corrected chi connectivity index (χ1v) is 6.10. The van der Waals surface area contributed by atoms with E-state index in [1.54, 1.807) is 19.4 Å². The van der Waals surface area contributed by atoms with E-state index in [1.165, 1.54) is 6.20 Å². The molecule has 1 aliphatic heterocycles. The van der Waals surface area contributed by atoms with Crippen LogP contribution < -0.4 is 4.90 Å². The van der Waals surface area contributed by atoms with Crippen molar-refractivity contribution >= 4 is 11.7 Å². The third-order valence-corrected chi connectivity index (χ3v) is 3.50. The summed E-state index contributed by atoms with van der Waals surface area (Å²) >= 11 is 0. The minimum atomic E-state index is -0.909. The smallest absolute Gasteiger partial charge is 0.337 e. The number of carbonyl (C=O) groups is 1. The molecule has 0 aromatic carbocycles. The molecular formula is C13H18N2O3. The summed E-state index contributed by atoms with van der Waals surface area (Å²) in [5.74, 6) is -0.909. The Morgan fingerprint density at radius 1 is 1.61 bits per heavy atom. The molecule has 2 atom stereocenters. The van der Waals surface area contributed by atoms with Crippen molar-refractivity contribution in [3.63, 3.8) is 0 Å². The zero-order chi connectivity index (χ0) is 13.1. The quantitative estimate of drug-likeness (QED) is 0.886. The van der Waals surface area contributed by atoms with Crippen LogP contribution in [0.1, 0.15) is 30.1 Å². The molecule has 1 fully saturated rings. The fourth-order valence-electron chi connectivity index (χ4n) is 2.50. The van der Waals surface area contributed by atoms with Crippen molar-refractivity contribution in [3.8, 4) is 0 Å². The summed E-state index contributed by atoms with van der Waals surface area (Å²) in [5, 5.41) is 9.20. The summed E-state index contributed by atoms with van der Waals surface area (Å²) < 4.78 is 5.36. The number of ether oxygens (including phenoxy) is 1. The van der Waals surface area contributed by atoms with Crippen LogP contribution in [0.5, 0.6) is 0 Å². The van der Waals surface area contributed by atoms with E-state index in [-0.39, 0.29) is 12.1 Å². The first-order chi connectivity index (χ1) is 8.63. The van der Waals surface area contributed by atoms with E-state index in [9.17, 15) is 9.90 Å². The second kappa shape index (κ2) is 5.35. The Labute approximate surface area is 106 Å². The SMILES string of the molecule is COC1CCN(c2cnccc2C(=O)O)C(C)C1. The fourth-order valence-corrected chi connectivity index (χ4v) is 2.50. The van der Waals surface area contributed by atoms with E-state index in [1.807, 2.05) is 0 Å². The van der Waals surface area contributed by atoms with Crippen molar-refractivity contribution in [1.82, 2.24) is 4.98 Å².